The van der Waals surface area contributed by atoms with Gasteiger partial charge in [-0.15, -0.1) is 0 Å². The van der Waals surface area contributed by atoms with Gasteiger partial charge in [0.15, 0.2) is 0 Å². The van der Waals surface area contributed by atoms with Crippen molar-refractivity contribution < 1.29 is 9.90 Å². The van der Waals surface area contributed by atoms with Crippen LogP contribution in [0.1, 0.15) is 43.1 Å². The van der Waals surface area contributed by atoms with Crippen LogP contribution in [0.2, 0.25) is 0 Å². The van der Waals surface area contributed by atoms with Crippen molar-refractivity contribution in [2.45, 2.75) is 58.6 Å². The van der Waals surface area contributed by atoms with Crippen LogP contribution < -0.4 is 5.32 Å². The zero-order valence-electron chi connectivity index (χ0n) is 11.9. The number of nitrogens with one attached hydrogen (secondary N) is 2. The molecule has 1 amide bonds. The largest absolute Gasteiger partial charge is 0.393 e. The van der Waals surface area contributed by atoms with Crippen molar-refractivity contribution in [1.29, 1.82) is 0 Å². The van der Waals surface area contributed by atoms with E-state index in [1.54, 1.807) is 0 Å². The zero-order valence-corrected chi connectivity index (χ0v) is 11.9. The highest BCUT2D eigenvalue weighted by atomic mass is 16.3. The van der Waals surface area contributed by atoms with Crippen LogP contribution in [0, 0.1) is 19.8 Å². The number of aromatic amines is 1. The van der Waals surface area contributed by atoms with E-state index < -0.39 is 0 Å². The molecule has 1 aliphatic carbocycles. The summed E-state index contributed by atoms with van der Waals surface area (Å²) >= 11 is 0. The highest BCUT2D eigenvalue weighted by Crippen LogP contribution is 2.31. The summed E-state index contributed by atoms with van der Waals surface area (Å²) in [6, 6.07) is 0.184. The highest BCUT2D eigenvalue weighted by Gasteiger charge is 2.33. The molecule has 1 fully saturated rings. The summed E-state index contributed by atoms with van der Waals surface area (Å²) in [4.78, 5) is 12.1. The zero-order chi connectivity index (χ0) is 14.0. The molecule has 0 aromatic carbocycles. The van der Waals surface area contributed by atoms with Gasteiger partial charge >= 0.3 is 0 Å². The summed E-state index contributed by atoms with van der Waals surface area (Å²) in [6.45, 7) is 5.91. The van der Waals surface area contributed by atoms with E-state index >= 15 is 0 Å². The van der Waals surface area contributed by atoms with Crippen LogP contribution >= 0.6 is 0 Å². The van der Waals surface area contributed by atoms with E-state index in [-0.39, 0.29) is 18.1 Å². The lowest BCUT2D eigenvalue weighted by atomic mass is 9.76. The van der Waals surface area contributed by atoms with Crippen molar-refractivity contribution in [3.8, 4) is 0 Å². The summed E-state index contributed by atoms with van der Waals surface area (Å²) in [7, 11) is 0. The molecule has 0 spiro atoms. The summed E-state index contributed by atoms with van der Waals surface area (Å²) in [6.07, 6.45) is 2.73. The van der Waals surface area contributed by atoms with Crippen LogP contribution in [0.5, 0.6) is 0 Å². The molecular weight excluding hydrogens is 242 g/mol. The number of nitrogens with zero attached hydrogens (tertiary/aromatic N) is 1. The molecule has 1 aliphatic rings. The maximum absolute atomic E-state index is 12.1. The molecular formula is C14H23N3O2. The third-order valence-electron chi connectivity index (χ3n) is 4.12. The number of carbonyl (C=O) groups is 1. The van der Waals surface area contributed by atoms with Crippen molar-refractivity contribution >= 4 is 5.91 Å². The van der Waals surface area contributed by atoms with Gasteiger partial charge in [-0.2, -0.15) is 5.10 Å². The van der Waals surface area contributed by atoms with Gasteiger partial charge in [0.05, 0.1) is 18.2 Å². The van der Waals surface area contributed by atoms with Crippen LogP contribution in [-0.2, 0) is 11.2 Å². The third-order valence-corrected chi connectivity index (χ3v) is 4.12. The highest BCUT2D eigenvalue weighted by molar-refractivity contribution is 5.79. The van der Waals surface area contributed by atoms with E-state index in [0.29, 0.717) is 12.3 Å². The molecule has 0 aliphatic heterocycles. The average Bonchev–Trinajstić information content (AvgIpc) is 2.64. The van der Waals surface area contributed by atoms with E-state index in [4.69, 9.17) is 0 Å². The number of hydrogen-bond donors (Lipinski definition) is 3. The van der Waals surface area contributed by atoms with Crippen molar-refractivity contribution in [2.24, 2.45) is 5.92 Å². The van der Waals surface area contributed by atoms with E-state index in [0.717, 1.165) is 36.2 Å². The summed E-state index contributed by atoms with van der Waals surface area (Å²) in [5.74, 6) is 0.469. The normalized spacial score (nSPS) is 23.8. The summed E-state index contributed by atoms with van der Waals surface area (Å²) < 4.78 is 0. The predicted molar refractivity (Wildman–Crippen MR) is 72.7 cm³/mol. The number of aromatic nitrogens is 2. The number of aryl methyl sites for hydroxylation is 2. The maximum atomic E-state index is 12.1. The number of carbonyl (C=O) groups excluding carboxylic acids is 1. The Kier molecular flexibility index (Phi) is 4.24. The lowest BCUT2D eigenvalue weighted by Gasteiger charge is -2.37. The monoisotopic (exact) mass is 265 g/mol. The summed E-state index contributed by atoms with van der Waals surface area (Å²) in [5, 5.41) is 19.4. The standard InChI is InChI=1S/C14H23N3O2/c1-4-13(10-5-11(18)6-10)15-14(19)7-12-8(2)16-17-9(12)3/h10-11,13,18H,4-7H2,1-3H3,(H,15,19)(H,16,17). The molecule has 2 rings (SSSR count). The van der Waals surface area contributed by atoms with Gasteiger partial charge in [-0.3, -0.25) is 9.89 Å². The SMILES string of the molecule is CCC(NC(=O)Cc1c(C)n[nH]c1C)C1CC(O)C1. The molecule has 5 nitrogen and oxygen atoms in total. The second-order valence-electron chi connectivity index (χ2n) is 5.56. The molecule has 1 atom stereocenters. The fourth-order valence-electron chi connectivity index (χ4n) is 2.76. The Balaban J connectivity index is 1.90. The van der Waals surface area contributed by atoms with Crippen LogP contribution in [0.25, 0.3) is 0 Å². The lowest BCUT2D eigenvalue weighted by Crippen LogP contribution is -2.47. The van der Waals surface area contributed by atoms with Gasteiger partial charge in [0.25, 0.3) is 0 Å². The van der Waals surface area contributed by atoms with E-state index in [1.807, 2.05) is 13.8 Å². The van der Waals surface area contributed by atoms with E-state index in [9.17, 15) is 9.90 Å². The molecule has 19 heavy (non-hydrogen) atoms. The summed E-state index contributed by atoms with van der Waals surface area (Å²) in [5.41, 5.74) is 2.83. The van der Waals surface area contributed by atoms with Gasteiger partial charge in [-0.1, -0.05) is 6.92 Å². The Hall–Kier alpha value is -1.36. The van der Waals surface area contributed by atoms with Gasteiger partial charge < -0.3 is 10.4 Å². The van der Waals surface area contributed by atoms with E-state index in [1.165, 1.54) is 0 Å². The van der Waals surface area contributed by atoms with Crippen LogP contribution in [0.3, 0.4) is 0 Å². The Morgan fingerprint density at radius 3 is 2.68 bits per heavy atom. The molecule has 1 aromatic rings. The van der Waals surface area contributed by atoms with Crippen LogP contribution in [0.4, 0.5) is 0 Å². The first kappa shape index (κ1) is 14.1. The topological polar surface area (TPSA) is 78.0 Å². The van der Waals surface area contributed by atoms with Gasteiger partial charge in [-0.25, -0.2) is 0 Å². The number of hydrogen-bond acceptors (Lipinski definition) is 3. The molecule has 5 heteroatoms. The smallest absolute Gasteiger partial charge is 0.224 e. The molecule has 1 heterocycles. The minimum atomic E-state index is -0.172. The molecule has 0 radical (unpaired) electrons. The fraction of sp³-hybridized carbons (Fsp3) is 0.714. The number of H-pyrrole nitrogens is 1. The molecule has 3 N–H and O–H groups in total. The Morgan fingerprint density at radius 1 is 1.53 bits per heavy atom. The Morgan fingerprint density at radius 2 is 2.21 bits per heavy atom. The number of amides is 1. The first-order chi connectivity index (χ1) is 9.01. The maximum Gasteiger partial charge on any atom is 0.224 e. The van der Waals surface area contributed by atoms with Crippen molar-refractivity contribution in [1.82, 2.24) is 15.5 Å². The van der Waals surface area contributed by atoms with Gasteiger partial charge in [0, 0.05) is 17.3 Å². The Bertz CT molecular complexity index is 430. The third kappa shape index (κ3) is 3.15. The van der Waals surface area contributed by atoms with Gasteiger partial charge in [0.1, 0.15) is 0 Å². The second-order valence-corrected chi connectivity index (χ2v) is 5.56. The fourth-order valence-corrected chi connectivity index (χ4v) is 2.76. The second kappa shape index (κ2) is 5.74. The van der Waals surface area contributed by atoms with Crippen LogP contribution in [-0.4, -0.2) is 33.4 Å². The number of rotatable bonds is 5. The first-order valence-corrected chi connectivity index (χ1v) is 6.99. The molecule has 1 saturated carbocycles. The lowest BCUT2D eigenvalue weighted by molar-refractivity contribution is -0.122. The molecule has 106 valence electrons. The van der Waals surface area contributed by atoms with Gasteiger partial charge in [0.2, 0.25) is 5.91 Å². The van der Waals surface area contributed by atoms with Crippen LogP contribution in [0.15, 0.2) is 0 Å². The first-order valence-electron chi connectivity index (χ1n) is 6.99. The molecule has 1 aromatic heterocycles. The molecule has 0 saturated heterocycles. The minimum absolute atomic E-state index is 0.0424. The number of aliphatic hydroxyl groups excluding tert-OH is 1. The number of aliphatic hydroxyl groups is 1. The molecule has 0 bridgehead atoms. The minimum Gasteiger partial charge on any atom is -0.393 e. The predicted octanol–water partition coefficient (Wildman–Crippen LogP) is 1.23. The quantitative estimate of drug-likeness (QED) is 0.749. The van der Waals surface area contributed by atoms with Crippen molar-refractivity contribution in [3.63, 3.8) is 0 Å². The Labute approximate surface area is 113 Å². The van der Waals surface area contributed by atoms with Gasteiger partial charge in [-0.05, 0) is 39.0 Å². The van der Waals surface area contributed by atoms with E-state index in [2.05, 4.69) is 22.4 Å². The molecule has 1 unspecified atom stereocenters. The van der Waals surface area contributed by atoms with Crippen molar-refractivity contribution in [3.05, 3.63) is 17.0 Å². The average molecular weight is 265 g/mol. The van der Waals surface area contributed by atoms with Crippen molar-refractivity contribution in [2.75, 3.05) is 0 Å².